The molecule has 0 spiro atoms. The zero-order chi connectivity index (χ0) is 14.7. The highest BCUT2D eigenvalue weighted by Crippen LogP contribution is 2.13. The van der Waals surface area contributed by atoms with Gasteiger partial charge < -0.3 is 0 Å². The molecule has 0 fully saturated rings. The van der Waals surface area contributed by atoms with Crippen LogP contribution in [0, 0.1) is 6.92 Å². The van der Waals surface area contributed by atoms with E-state index in [0.29, 0.717) is 12.0 Å². The Morgan fingerprint density at radius 1 is 1.00 bits per heavy atom. The second-order valence-corrected chi connectivity index (χ2v) is 5.02. The molecule has 0 amide bonds. The van der Waals surface area contributed by atoms with E-state index in [0.717, 1.165) is 11.4 Å². The van der Waals surface area contributed by atoms with Crippen molar-refractivity contribution in [2.75, 3.05) is 0 Å². The minimum atomic E-state index is -0.0883. The van der Waals surface area contributed by atoms with Gasteiger partial charge in [0.1, 0.15) is 0 Å². The summed E-state index contributed by atoms with van der Waals surface area (Å²) in [5.41, 5.74) is 3.58. The van der Waals surface area contributed by atoms with Crippen LogP contribution in [0.3, 0.4) is 0 Å². The quantitative estimate of drug-likeness (QED) is 0.734. The molecule has 0 unspecified atom stereocenters. The first-order chi connectivity index (χ1) is 10.2. The van der Waals surface area contributed by atoms with Gasteiger partial charge in [-0.2, -0.15) is 5.10 Å². The second-order valence-electron chi connectivity index (χ2n) is 5.02. The molecule has 1 aromatic heterocycles. The van der Waals surface area contributed by atoms with Crippen LogP contribution in [-0.2, 0) is 6.42 Å². The van der Waals surface area contributed by atoms with Crippen LogP contribution in [-0.4, -0.2) is 15.7 Å². The molecule has 0 aliphatic carbocycles. The lowest BCUT2D eigenvalue weighted by Gasteiger charge is -2.06. The zero-order valence-electron chi connectivity index (χ0n) is 11.9. The molecule has 0 bridgehead atoms. The van der Waals surface area contributed by atoms with Crippen LogP contribution in [0.5, 0.6) is 0 Å². The van der Waals surface area contributed by atoms with Gasteiger partial charge in [-0.25, -0.2) is 4.68 Å². The third kappa shape index (κ3) is 2.92. The highest BCUT2D eigenvalue weighted by molar-refractivity contribution is 5.95. The highest BCUT2D eigenvalue weighted by atomic mass is 16.2. The molecular weight excluding hydrogens is 260 g/mol. The minimum Gasteiger partial charge on any atom is -0.267 e. The van der Waals surface area contributed by atoms with E-state index >= 15 is 0 Å². The van der Waals surface area contributed by atoms with Crippen molar-refractivity contribution in [3.05, 3.63) is 89.2 Å². The van der Waals surface area contributed by atoms with E-state index in [9.17, 15) is 4.79 Å². The number of rotatable bonds is 3. The number of hydrogen-bond acceptors (Lipinski definition) is 2. The Bertz CT molecular complexity index is 745. The van der Waals surface area contributed by atoms with Crippen molar-refractivity contribution in [2.24, 2.45) is 0 Å². The summed E-state index contributed by atoms with van der Waals surface area (Å²) in [4.78, 5) is 12.6. The van der Waals surface area contributed by atoms with Crippen molar-refractivity contribution in [3.63, 3.8) is 0 Å². The van der Waals surface area contributed by atoms with E-state index in [2.05, 4.69) is 17.2 Å². The molecular formula is C18H16N2O. The van der Waals surface area contributed by atoms with Crippen LogP contribution in [0.15, 0.2) is 66.7 Å². The third-order valence-electron chi connectivity index (χ3n) is 3.35. The molecule has 3 aromatic rings. The van der Waals surface area contributed by atoms with E-state index in [1.54, 1.807) is 0 Å². The van der Waals surface area contributed by atoms with Crippen LogP contribution >= 0.6 is 0 Å². The number of carbonyl (C=O) groups excluding carboxylic acids is 1. The molecule has 3 nitrogen and oxygen atoms in total. The molecule has 0 saturated heterocycles. The highest BCUT2D eigenvalue weighted by Gasteiger charge is 2.14. The molecule has 21 heavy (non-hydrogen) atoms. The number of aromatic nitrogens is 2. The smallest absolute Gasteiger partial charge is 0.267 e. The van der Waals surface area contributed by atoms with Crippen LogP contribution in [0.4, 0.5) is 0 Å². The second kappa shape index (κ2) is 5.75. The van der Waals surface area contributed by atoms with Gasteiger partial charge in [0, 0.05) is 12.0 Å². The number of hydrogen-bond donors (Lipinski definition) is 0. The maximum absolute atomic E-state index is 12.6. The molecule has 0 N–H and O–H groups in total. The summed E-state index contributed by atoms with van der Waals surface area (Å²) in [6.07, 6.45) is 0.695. The predicted molar refractivity (Wildman–Crippen MR) is 82.4 cm³/mol. The van der Waals surface area contributed by atoms with Crippen LogP contribution in [0.25, 0.3) is 0 Å². The summed E-state index contributed by atoms with van der Waals surface area (Å²) in [5, 5.41) is 4.35. The molecule has 0 saturated carbocycles. The monoisotopic (exact) mass is 276 g/mol. The van der Waals surface area contributed by atoms with Gasteiger partial charge in [0.05, 0.1) is 11.4 Å². The van der Waals surface area contributed by atoms with Gasteiger partial charge in [-0.05, 0) is 30.7 Å². The van der Waals surface area contributed by atoms with Crippen molar-refractivity contribution in [1.82, 2.24) is 9.78 Å². The van der Waals surface area contributed by atoms with Gasteiger partial charge in [-0.1, -0.05) is 48.5 Å². The lowest BCUT2D eigenvalue weighted by molar-refractivity contribution is 0.0941. The lowest BCUT2D eigenvalue weighted by atomic mass is 10.1. The maximum Gasteiger partial charge on any atom is 0.278 e. The average molecular weight is 276 g/mol. The van der Waals surface area contributed by atoms with Gasteiger partial charge >= 0.3 is 0 Å². The van der Waals surface area contributed by atoms with Crippen molar-refractivity contribution >= 4 is 5.91 Å². The van der Waals surface area contributed by atoms with Gasteiger partial charge in [-0.3, -0.25) is 4.79 Å². The Morgan fingerprint density at radius 3 is 2.29 bits per heavy atom. The normalized spacial score (nSPS) is 10.5. The first-order valence-electron chi connectivity index (χ1n) is 6.93. The van der Waals surface area contributed by atoms with Gasteiger partial charge in [0.25, 0.3) is 5.91 Å². The molecule has 1 heterocycles. The van der Waals surface area contributed by atoms with Crippen molar-refractivity contribution in [3.8, 4) is 0 Å². The summed E-state index contributed by atoms with van der Waals surface area (Å²) >= 11 is 0. The summed E-state index contributed by atoms with van der Waals surface area (Å²) in [6, 6.07) is 21.3. The Kier molecular flexibility index (Phi) is 3.65. The Balaban J connectivity index is 1.95. The first kappa shape index (κ1) is 13.3. The first-order valence-corrected chi connectivity index (χ1v) is 6.93. The van der Waals surface area contributed by atoms with Crippen molar-refractivity contribution < 1.29 is 4.79 Å². The summed E-state index contributed by atoms with van der Waals surface area (Å²) in [6.45, 7) is 1.91. The fraction of sp³-hybridized carbons (Fsp3) is 0.111. The number of aryl methyl sites for hydroxylation is 1. The van der Waals surface area contributed by atoms with E-state index in [1.165, 1.54) is 10.2 Å². The molecule has 0 atom stereocenters. The predicted octanol–water partition coefficient (Wildman–Crippen LogP) is 3.47. The van der Waals surface area contributed by atoms with E-state index in [4.69, 9.17) is 0 Å². The third-order valence-corrected chi connectivity index (χ3v) is 3.35. The number of nitrogens with zero attached hydrogens (tertiary/aromatic N) is 2. The fourth-order valence-corrected chi connectivity index (χ4v) is 2.36. The molecule has 104 valence electrons. The Hall–Kier alpha value is -2.68. The van der Waals surface area contributed by atoms with Crippen molar-refractivity contribution in [1.29, 1.82) is 0 Å². The molecule has 0 aliphatic rings. The topological polar surface area (TPSA) is 34.9 Å². The molecule has 3 rings (SSSR count). The number of carbonyl (C=O) groups is 1. The van der Waals surface area contributed by atoms with E-state index in [1.807, 2.05) is 61.5 Å². The molecule has 0 aliphatic heterocycles. The SMILES string of the molecule is Cc1cc(Cc2ccccc2)n(C(=O)c2ccccc2)n1. The zero-order valence-corrected chi connectivity index (χ0v) is 11.9. The lowest BCUT2D eigenvalue weighted by Crippen LogP contribution is -2.16. The largest absolute Gasteiger partial charge is 0.278 e. The van der Waals surface area contributed by atoms with Crippen LogP contribution < -0.4 is 0 Å². The Labute approximate surface area is 123 Å². The number of benzene rings is 2. The van der Waals surface area contributed by atoms with Gasteiger partial charge in [0.2, 0.25) is 0 Å². The standard InChI is InChI=1S/C18H16N2O/c1-14-12-17(13-15-8-4-2-5-9-15)20(19-14)18(21)16-10-6-3-7-11-16/h2-12H,13H2,1H3. The average Bonchev–Trinajstić information content (AvgIpc) is 2.89. The van der Waals surface area contributed by atoms with Crippen LogP contribution in [0.1, 0.15) is 27.3 Å². The van der Waals surface area contributed by atoms with Gasteiger partial charge in [-0.15, -0.1) is 0 Å². The molecule has 2 aromatic carbocycles. The summed E-state index contributed by atoms with van der Waals surface area (Å²) in [7, 11) is 0. The molecule has 0 radical (unpaired) electrons. The van der Waals surface area contributed by atoms with E-state index in [-0.39, 0.29) is 5.91 Å². The summed E-state index contributed by atoms with van der Waals surface area (Å²) in [5.74, 6) is -0.0883. The minimum absolute atomic E-state index is 0.0883. The Morgan fingerprint density at radius 2 is 1.62 bits per heavy atom. The fourth-order valence-electron chi connectivity index (χ4n) is 2.36. The van der Waals surface area contributed by atoms with Crippen LogP contribution in [0.2, 0.25) is 0 Å². The van der Waals surface area contributed by atoms with Crippen molar-refractivity contribution in [2.45, 2.75) is 13.3 Å². The van der Waals surface area contributed by atoms with Gasteiger partial charge in [0.15, 0.2) is 0 Å². The van der Waals surface area contributed by atoms with E-state index < -0.39 is 0 Å². The summed E-state index contributed by atoms with van der Waals surface area (Å²) < 4.78 is 1.51. The molecule has 3 heteroatoms. The maximum atomic E-state index is 12.6.